The summed E-state index contributed by atoms with van der Waals surface area (Å²) in [4.78, 5) is 16.5. The molecule has 3 nitrogen and oxygen atoms in total. The number of hydrogen-bond donors (Lipinski definition) is 1. The van der Waals surface area contributed by atoms with Gasteiger partial charge in [-0.25, -0.2) is 4.98 Å². The molecule has 3 aromatic rings. The fraction of sp³-hybridized carbons (Fsp3) is 0.263. The summed E-state index contributed by atoms with van der Waals surface area (Å²) in [6.07, 6.45) is 1.42. The zero-order valence-electron chi connectivity index (χ0n) is 13.6. The molecule has 1 amide bonds. The van der Waals surface area contributed by atoms with Gasteiger partial charge in [0, 0.05) is 12.2 Å². The minimum Gasteiger partial charge on any atom is -0.302 e. The van der Waals surface area contributed by atoms with Crippen molar-refractivity contribution in [1.29, 1.82) is 0 Å². The van der Waals surface area contributed by atoms with E-state index in [4.69, 9.17) is 0 Å². The Hall–Kier alpha value is -1.85. The zero-order valence-corrected chi connectivity index (χ0v) is 15.3. The summed E-state index contributed by atoms with van der Waals surface area (Å²) in [6.45, 7) is 2.06. The first-order valence-corrected chi connectivity index (χ1v) is 9.96. The van der Waals surface area contributed by atoms with E-state index in [-0.39, 0.29) is 5.91 Å². The number of aromatic nitrogens is 1. The third kappa shape index (κ3) is 4.82. The second-order valence-corrected chi connectivity index (χ2v) is 7.82. The summed E-state index contributed by atoms with van der Waals surface area (Å²) in [5.74, 6) is 2.03. The van der Waals surface area contributed by atoms with Crippen LogP contribution >= 0.6 is 23.1 Å². The van der Waals surface area contributed by atoms with Gasteiger partial charge >= 0.3 is 0 Å². The van der Waals surface area contributed by atoms with Crippen molar-refractivity contribution in [1.82, 2.24) is 4.98 Å². The maximum absolute atomic E-state index is 12.0. The number of fused-ring (bicyclic) bond motifs is 1. The average Bonchev–Trinajstić information content (AvgIpc) is 2.96. The normalized spacial score (nSPS) is 10.9. The van der Waals surface area contributed by atoms with Crippen LogP contribution in [0.4, 0.5) is 5.13 Å². The lowest BCUT2D eigenvalue weighted by Gasteiger charge is -2.03. The van der Waals surface area contributed by atoms with Crippen LogP contribution in [0.25, 0.3) is 10.2 Å². The van der Waals surface area contributed by atoms with Gasteiger partial charge in [0.2, 0.25) is 5.91 Å². The Morgan fingerprint density at radius 3 is 2.88 bits per heavy atom. The molecule has 1 heterocycles. The number of carbonyl (C=O) groups is 1. The highest BCUT2D eigenvalue weighted by molar-refractivity contribution is 7.98. The Kier molecular flexibility index (Phi) is 5.88. The second kappa shape index (κ2) is 8.31. The highest BCUT2D eigenvalue weighted by Crippen LogP contribution is 2.26. The zero-order chi connectivity index (χ0) is 16.8. The number of nitrogens with one attached hydrogen (secondary N) is 1. The standard InChI is InChI=1S/C19H20N2OS2/c1-14-9-10-16-17(12-14)24-19(20-16)21-18(22)8-5-11-23-13-15-6-3-2-4-7-15/h2-4,6-7,9-10,12H,5,8,11,13H2,1H3,(H,20,21,22). The highest BCUT2D eigenvalue weighted by atomic mass is 32.2. The van der Waals surface area contributed by atoms with E-state index in [0.717, 1.165) is 28.1 Å². The number of hydrogen-bond acceptors (Lipinski definition) is 4. The van der Waals surface area contributed by atoms with Gasteiger partial charge in [-0.05, 0) is 42.4 Å². The Labute approximate surface area is 150 Å². The van der Waals surface area contributed by atoms with Gasteiger partial charge in [-0.3, -0.25) is 4.79 Å². The maximum atomic E-state index is 12.0. The first-order valence-electron chi connectivity index (χ1n) is 7.99. The van der Waals surface area contributed by atoms with Crippen molar-refractivity contribution in [3.05, 3.63) is 59.7 Å². The molecular weight excluding hydrogens is 336 g/mol. The smallest absolute Gasteiger partial charge is 0.226 e. The predicted molar refractivity (Wildman–Crippen MR) is 105 cm³/mol. The summed E-state index contributed by atoms with van der Waals surface area (Å²) in [5.41, 5.74) is 3.48. The van der Waals surface area contributed by atoms with E-state index in [1.165, 1.54) is 22.5 Å². The SMILES string of the molecule is Cc1ccc2nc(NC(=O)CCCSCc3ccccc3)sc2c1. The summed E-state index contributed by atoms with van der Waals surface area (Å²) in [6, 6.07) is 16.5. The van der Waals surface area contributed by atoms with Crippen molar-refractivity contribution in [2.75, 3.05) is 11.1 Å². The maximum Gasteiger partial charge on any atom is 0.226 e. The van der Waals surface area contributed by atoms with Crippen molar-refractivity contribution >= 4 is 44.4 Å². The van der Waals surface area contributed by atoms with Crippen LogP contribution in [0.5, 0.6) is 0 Å². The van der Waals surface area contributed by atoms with Gasteiger partial charge in [0.15, 0.2) is 5.13 Å². The van der Waals surface area contributed by atoms with E-state index in [2.05, 4.69) is 47.6 Å². The predicted octanol–water partition coefficient (Wildman–Crippen LogP) is 5.26. The van der Waals surface area contributed by atoms with Crippen LogP contribution in [0, 0.1) is 6.92 Å². The molecule has 0 aliphatic heterocycles. The molecule has 3 rings (SSSR count). The lowest BCUT2D eigenvalue weighted by atomic mass is 10.2. The van der Waals surface area contributed by atoms with Crippen LogP contribution in [0.1, 0.15) is 24.0 Å². The van der Waals surface area contributed by atoms with Gasteiger partial charge in [0.1, 0.15) is 0 Å². The molecule has 1 aromatic heterocycles. The number of nitrogens with zero attached hydrogens (tertiary/aromatic N) is 1. The number of anilines is 1. The molecule has 1 N–H and O–H groups in total. The molecule has 5 heteroatoms. The number of amides is 1. The third-order valence-corrected chi connectivity index (χ3v) is 5.64. The highest BCUT2D eigenvalue weighted by Gasteiger charge is 2.08. The Morgan fingerprint density at radius 2 is 2.04 bits per heavy atom. The molecule has 2 aromatic carbocycles. The Bertz CT molecular complexity index is 815. The molecule has 24 heavy (non-hydrogen) atoms. The molecule has 0 unspecified atom stereocenters. The van der Waals surface area contributed by atoms with Crippen LogP contribution in [-0.2, 0) is 10.5 Å². The first kappa shape index (κ1) is 17.0. The van der Waals surface area contributed by atoms with E-state index in [0.29, 0.717) is 11.6 Å². The van der Waals surface area contributed by atoms with Gasteiger partial charge in [-0.15, -0.1) is 0 Å². The van der Waals surface area contributed by atoms with E-state index in [9.17, 15) is 4.79 Å². The minimum absolute atomic E-state index is 0.0473. The second-order valence-electron chi connectivity index (χ2n) is 5.68. The summed E-state index contributed by atoms with van der Waals surface area (Å²) >= 11 is 3.40. The fourth-order valence-electron chi connectivity index (χ4n) is 2.37. The molecular formula is C19H20N2OS2. The number of thioether (sulfide) groups is 1. The van der Waals surface area contributed by atoms with E-state index < -0.39 is 0 Å². The van der Waals surface area contributed by atoms with Gasteiger partial charge in [0.25, 0.3) is 0 Å². The minimum atomic E-state index is 0.0473. The summed E-state index contributed by atoms with van der Waals surface area (Å²) in [5, 5.41) is 3.61. The number of thiazole rings is 1. The monoisotopic (exact) mass is 356 g/mol. The first-order chi connectivity index (χ1) is 11.7. The molecule has 0 aliphatic carbocycles. The number of carbonyl (C=O) groups excluding carboxylic acids is 1. The molecule has 0 radical (unpaired) electrons. The third-order valence-electron chi connectivity index (χ3n) is 3.59. The number of rotatable bonds is 7. The molecule has 0 fully saturated rings. The van der Waals surface area contributed by atoms with Gasteiger partial charge in [0.05, 0.1) is 10.2 Å². The topological polar surface area (TPSA) is 42.0 Å². The molecule has 0 aliphatic rings. The lowest BCUT2D eigenvalue weighted by molar-refractivity contribution is -0.116. The van der Waals surface area contributed by atoms with Crippen LogP contribution < -0.4 is 5.32 Å². The van der Waals surface area contributed by atoms with Crippen molar-refractivity contribution in [2.45, 2.75) is 25.5 Å². The van der Waals surface area contributed by atoms with Crippen LogP contribution in [0.3, 0.4) is 0 Å². The van der Waals surface area contributed by atoms with Crippen molar-refractivity contribution in [3.63, 3.8) is 0 Å². The van der Waals surface area contributed by atoms with Crippen LogP contribution in [0.2, 0.25) is 0 Å². The molecule has 0 bridgehead atoms. The molecule has 0 atom stereocenters. The Morgan fingerprint density at radius 1 is 1.21 bits per heavy atom. The average molecular weight is 357 g/mol. The van der Waals surface area contributed by atoms with E-state index in [1.807, 2.05) is 30.0 Å². The van der Waals surface area contributed by atoms with Gasteiger partial charge in [-0.2, -0.15) is 11.8 Å². The number of benzene rings is 2. The quantitative estimate of drug-likeness (QED) is 0.587. The largest absolute Gasteiger partial charge is 0.302 e. The lowest BCUT2D eigenvalue weighted by Crippen LogP contribution is -2.11. The van der Waals surface area contributed by atoms with Crippen molar-refractivity contribution in [2.24, 2.45) is 0 Å². The molecule has 0 saturated carbocycles. The van der Waals surface area contributed by atoms with Crippen molar-refractivity contribution < 1.29 is 4.79 Å². The van der Waals surface area contributed by atoms with E-state index >= 15 is 0 Å². The molecule has 124 valence electrons. The van der Waals surface area contributed by atoms with Crippen LogP contribution in [0.15, 0.2) is 48.5 Å². The van der Waals surface area contributed by atoms with Crippen LogP contribution in [-0.4, -0.2) is 16.6 Å². The molecule has 0 spiro atoms. The van der Waals surface area contributed by atoms with Gasteiger partial charge in [-0.1, -0.05) is 47.7 Å². The van der Waals surface area contributed by atoms with Crippen molar-refractivity contribution in [3.8, 4) is 0 Å². The summed E-state index contributed by atoms with van der Waals surface area (Å²) < 4.78 is 1.11. The molecule has 0 saturated heterocycles. The van der Waals surface area contributed by atoms with Gasteiger partial charge < -0.3 is 5.32 Å². The fourth-order valence-corrected chi connectivity index (χ4v) is 4.27. The number of aryl methyl sites for hydroxylation is 1. The van der Waals surface area contributed by atoms with E-state index in [1.54, 1.807) is 0 Å². The Balaban J connectivity index is 1.40. The summed E-state index contributed by atoms with van der Waals surface area (Å²) in [7, 11) is 0.